The predicted octanol–water partition coefficient (Wildman–Crippen LogP) is 5.31. The molecule has 2 aliphatic heterocycles. The molecular formula is C24H38N4. The van der Waals surface area contributed by atoms with Crippen molar-refractivity contribution in [1.82, 2.24) is 19.8 Å². The van der Waals surface area contributed by atoms with Crippen LogP contribution in [0, 0.1) is 5.92 Å². The highest BCUT2D eigenvalue weighted by Crippen LogP contribution is 2.34. The molecule has 0 saturated carbocycles. The van der Waals surface area contributed by atoms with E-state index in [0.29, 0.717) is 12.1 Å². The van der Waals surface area contributed by atoms with E-state index in [0.717, 1.165) is 12.5 Å². The Morgan fingerprint density at radius 2 is 1.96 bits per heavy atom. The van der Waals surface area contributed by atoms with Crippen molar-refractivity contribution in [2.45, 2.75) is 77.3 Å². The number of hydrogen-bond donors (Lipinski definition) is 1. The van der Waals surface area contributed by atoms with Crippen LogP contribution < -0.4 is 5.32 Å². The molecule has 2 aromatic rings. The zero-order valence-corrected chi connectivity index (χ0v) is 17.9. The summed E-state index contributed by atoms with van der Waals surface area (Å²) in [4.78, 5) is 7.80. The van der Waals surface area contributed by atoms with Gasteiger partial charge < -0.3 is 14.8 Å². The molecule has 1 aromatic carbocycles. The molecule has 2 fully saturated rings. The predicted molar refractivity (Wildman–Crippen MR) is 118 cm³/mol. The van der Waals surface area contributed by atoms with E-state index < -0.39 is 0 Å². The fourth-order valence-corrected chi connectivity index (χ4v) is 5.24. The molecule has 2 saturated heterocycles. The van der Waals surface area contributed by atoms with Crippen LogP contribution in [0.4, 0.5) is 0 Å². The number of likely N-dealkylation sites (tertiary alicyclic amines) is 1. The maximum atomic E-state index is 5.07. The number of piperidine rings is 1. The van der Waals surface area contributed by atoms with Crippen LogP contribution in [0.25, 0.3) is 11.0 Å². The summed E-state index contributed by atoms with van der Waals surface area (Å²) in [6, 6.07) is 9.76. The van der Waals surface area contributed by atoms with Crippen molar-refractivity contribution in [3.8, 4) is 0 Å². The average molecular weight is 383 g/mol. The summed E-state index contributed by atoms with van der Waals surface area (Å²) in [6.07, 6.45) is 10.4. The molecule has 28 heavy (non-hydrogen) atoms. The highest BCUT2D eigenvalue weighted by Gasteiger charge is 2.29. The summed E-state index contributed by atoms with van der Waals surface area (Å²) in [5.74, 6) is 2.16. The Morgan fingerprint density at radius 1 is 1.14 bits per heavy atom. The normalized spacial score (nSPS) is 22.9. The SMILES string of the molecule is CCCCC(CC)CN1CCC(n2c([C@@H]3CCCN3)nc3ccccc32)CC1. The van der Waals surface area contributed by atoms with E-state index >= 15 is 0 Å². The first-order chi connectivity index (χ1) is 13.8. The zero-order chi connectivity index (χ0) is 19.3. The molecule has 0 radical (unpaired) electrons. The quantitative estimate of drug-likeness (QED) is 0.671. The van der Waals surface area contributed by atoms with Gasteiger partial charge in [-0.15, -0.1) is 0 Å². The van der Waals surface area contributed by atoms with Gasteiger partial charge in [0.05, 0.1) is 17.1 Å². The molecule has 3 heterocycles. The van der Waals surface area contributed by atoms with Gasteiger partial charge in [-0.2, -0.15) is 0 Å². The maximum absolute atomic E-state index is 5.07. The molecule has 0 bridgehead atoms. The van der Waals surface area contributed by atoms with Crippen molar-refractivity contribution in [1.29, 1.82) is 0 Å². The Bertz CT molecular complexity index is 738. The average Bonchev–Trinajstić information content (AvgIpc) is 3.39. The zero-order valence-electron chi connectivity index (χ0n) is 17.9. The monoisotopic (exact) mass is 382 g/mol. The number of hydrogen-bond acceptors (Lipinski definition) is 3. The maximum Gasteiger partial charge on any atom is 0.127 e. The molecule has 1 aromatic heterocycles. The molecule has 0 amide bonds. The number of unbranched alkanes of at least 4 members (excludes halogenated alkanes) is 1. The van der Waals surface area contributed by atoms with E-state index in [4.69, 9.17) is 4.98 Å². The van der Waals surface area contributed by atoms with Crippen molar-refractivity contribution >= 4 is 11.0 Å². The number of para-hydroxylation sites is 2. The molecule has 2 aliphatic rings. The van der Waals surface area contributed by atoms with Crippen LogP contribution in [0.15, 0.2) is 24.3 Å². The second-order valence-corrected chi connectivity index (χ2v) is 8.93. The Hall–Kier alpha value is -1.39. The van der Waals surface area contributed by atoms with Gasteiger partial charge in [-0.05, 0) is 56.7 Å². The smallest absolute Gasteiger partial charge is 0.127 e. The Balaban J connectivity index is 1.47. The van der Waals surface area contributed by atoms with E-state index in [2.05, 4.69) is 52.9 Å². The number of rotatable bonds is 8. The highest BCUT2D eigenvalue weighted by atomic mass is 15.2. The number of imidazole rings is 1. The van der Waals surface area contributed by atoms with Crippen molar-refractivity contribution in [3.05, 3.63) is 30.1 Å². The topological polar surface area (TPSA) is 33.1 Å². The van der Waals surface area contributed by atoms with Gasteiger partial charge in [0.25, 0.3) is 0 Å². The van der Waals surface area contributed by atoms with E-state index in [1.54, 1.807) is 0 Å². The lowest BCUT2D eigenvalue weighted by Gasteiger charge is -2.36. The first kappa shape index (κ1) is 19.9. The lowest BCUT2D eigenvalue weighted by Crippen LogP contribution is -2.38. The number of aromatic nitrogens is 2. The van der Waals surface area contributed by atoms with Gasteiger partial charge >= 0.3 is 0 Å². The summed E-state index contributed by atoms with van der Waals surface area (Å²) >= 11 is 0. The molecule has 4 nitrogen and oxygen atoms in total. The molecule has 0 aliphatic carbocycles. The van der Waals surface area contributed by atoms with Crippen LogP contribution in [0.1, 0.15) is 83.1 Å². The molecular weight excluding hydrogens is 344 g/mol. The number of benzene rings is 1. The summed E-state index contributed by atoms with van der Waals surface area (Å²) in [7, 11) is 0. The van der Waals surface area contributed by atoms with Crippen molar-refractivity contribution in [2.24, 2.45) is 5.92 Å². The molecule has 4 rings (SSSR count). The van der Waals surface area contributed by atoms with E-state index in [1.165, 1.54) is 87.9 Å². The van der Waals surface area contributed by atoms with Crippen molar-refractivity contribution < 1.29 is 0 Å². The van der Waals surface area contributed by atoms with Crippen molar-refractivity contribution in [3.63, 3.8) is 0 Å². The van der Waals surface area contributed by atoms with Gasteiger partial charge in [0.15, 0.2) is 0 Å². The summed E-state index contributed by atoms with van der Waals surface area (Å²) in [5, 5.41) is 3.68. The minimum atomic E-state index is 0.434. The molecule has 0 spiro atoms. The number of nitrogens with one attached hydrogen (secondary N) is 1. The molecule has 2 atom stereocenters. The van der Waals surface area contributed by atoms with Crippen LogP contribution in [0.3, 0.4) is 0 Å². The Kier molecular flexibility index (Phi) is 6.69. The van der Waals surface area contributed by atoms with E-state index in [1.807, 2.05) is 0 Å². The Labute approximate surface area is 170 Å². The first-order valence-electron chi connectivity index (χ1n) is 11.7. The van der Waals surface area contributed by atoms with Crippen LogP contribution in [-0.2, 0) is 0 Å². The lowest BCUT2D eigenvalue weighted by molar-refractivity contribution is 0.156. The molecule has 4 heteroatoms. The molecule has 154 valence electrons. The minimum absolute atomic E-state index is 0.434. The van der Waals surface area contributed by atoms with Crippen LogP contribution >= 0.6 is 0 Å². The second kappa shape index (κ2) is 9.41. The second-order valence-electron chi connectivity index (χ2n) is 8.93. The van der Waals surface area contributed by atoms with Crippen LogP contribution in [0.2, 0.25) is 0 Å². The number of nitrogens with zero attached hydrogens (tertiary/aromatic N) is 3. The van der Waals surface area contributed by atoms with Crippen molar-refractivity contribution in [2.75, 3.05) is 26.2 Å². The molecule has 1 N–H and O–H groups in total. The third kappa shape index (κ3) is 4.28. The first-order valence-corrected chi connectivity index (χ1v) is 11.7. The van der Waals surface area contributed by atoms with Gasteiger partial charge in [-0.1, -0.05) is 45.2 Å². The number of fused-ring (bicyclic) bond motifs is 1. The Morgan fingerprint density at radius 3 is 2.68 bits per heavy atom. The minimum Gasteiger partial charge on any atom is -0.323 e. The summed E-state index contributed by atoms with van der Waals surface area (Å²) in [6.45, 7) is 9.57. The third-order valence-electron chi connectivity index (χ3n) is 6.98. The highest BCUT2D eigenvalue weighted by molar-refractivity contribution is 5.76. The third-order valence-corrected chi connectivity index (χ3v) is 6.98. The van der Waals surface area contributed by atoms with Gasteiger partial charge in [-0.25, -0.2) is 4.98 Å². The van der Waals surface area contributed by atoms with Crippen LogP contribution in [0.5, 0.6) is 0 Å². The van der Waals surface area contributed by atoms with Gasteiger partial charge in [0, 0.05) is 25.7 Å². The fraction of sp³-hybridized carbons (Fsp3) is 0.708. The van der Waals surface area contributed by atoms with Crippen LogP contribution in [-0.4, -0.2) is 40.6 Å². The van der Waals surface area contributed by atoms with Gasteiger partial charge in [-0.3, -0.25) is 0 Å². The largest absolute Gasteiger partial charge is 0.323 e. The summed E-state index contributed by atoms with van der Waals surface area (Å²) < 4.78 is 2.60. The standard InChI is InChI=1S/C24H38N4/c1-3-5-9-19(4-2)18-27-16-13-20(14-17-27)28-23-12-7-6-10-21(23)26-24(28)22-11-8-15-25-22/h6-7,10,12,19-20,22,25H,3-5,8-9,11,13-18H2,1-2H3/t19?,22-/m0/s1. The van der Waals surface area contributed by atoms with Gasteiger partial charge in [0.1, 0.15) is 5.82 Å². The fourth-order valence-electron chi connectivity index (χ4n) is 5.24. The van der Waals surface area contributed by atoms with Gasteiger partial charge in [0.2, 0.25) is 0 Å². The van der Waals surface area contributed by atoms with E-state index in [9.17, 15) is 0 Å². The van der Waals surface area contributed by atoms with E-state index in [-0.39, 0.29) is 0 Å². The molecule has 1 unspecified atom stereocenters. The lowest BCUT2D eigenvalue weighted by atomic mass is 9.96. The summed E-state index contributed by atoms with van der Waals surface area (Å²) in [5.41, 5.74) is 2.50.